The molecule has 0 aromatic heterocycles. The minimum absolute atomic E-state index is 0.415. The first kappa shape index (κ1) is 16.2. The molecule has 0 heterocycles. The van der Waals surface area contributed by atoms with Crippen molar-refractivity contribution in [2.24, 2.45) is 0 Å². The molecule has 2 atom stereocenters. The Labute approximate surface area is 118 Å². The first-order valence-electron chi connectivity index (χ1n) is 7.01. The summed E-state index contributed by atoms with van der Waals surface area (Å²) in [6, 6.07) is 9.66. The Morgan fingerprint density at radius 1 is 1.26 bits per heavy atom. The fraction of sp³-hybridized carbons (Fsp3) is 0.625. The van der Waals surface area contributed by atoms with Crippen LogP contribution in [0.5, 0.6) is 0 Å². The van der Waals surface area contributed by atoms with Crippen molar-refractivity contribution < 1.29 is 4.74 Å². The summed E-state index contributed by atoms with van der Waals surface area (Å²) in [6.07, 6.45) is 1.10. The maximum atomic E-state index is 5.20. The Morgan fingerprint density at radius 3 is 2.42 bits per heavy atom. The third-order valence-electron chi connectivity index (χ3n) is 3.76. The van der Waals surface area contributed by atoms with Gasteiger partial charge in [0, 0.05) is 25.7 Å². The second-order valence-electron chi connectivity index (χ2n) is 5.33. The van der Waals surface area contributed by atoms with Crippen LogP contribution in [0.15, 0.2) is 24.3 Å². The van der Waals surface area contributed by atoms with Gasteiger partial charge in [-0.15, -0.1) is 0 Å². The first-order chi connectivity index (χ1) is 9.08. The standard InChI is InChI=1S/C16H28N2O/c1-13-6-8-15(9-7-13)16(17-3)10-11-18(4)14(2)12-19-5/h6-9,14,16-17H,10-12H2,1-5H3. The van der Waals surface area contributed by atoms with Gasteiger partial charge in [-0.2, -0.15) is 0 Å². The van der Waals surface area contributed by atoms with Crippen molar-refractivity contribution in [3.8, 4) is 0 Å². The molecule has 0 aliphatic rings. The second-order valence-corrected chi connectivity index (χ2v) is 5.33. The molecule has 0 amide bonds. The lowest BCUT2D eigenvalue weighted by molar-refractivity contribution is 0.113. The molecule has 19 heavy (non-hydrogen) atoms. The Kier molecular flexibility index (Phi) is 7.06. The second kappa shape index (κ2) is 8.31. The third-order valence-corrected chi connectivity index (χ3v) is 3.76. The minimum atomic E-state index is 0.415. The number of nitrogens with zero attached hydrogens (tertiary/aromatic N) is 1. The van der Waals surface area contributed by atoms with E-state index in [9.17, 15) is 0 Å². The smallest absolute Gasteiger partial charge is 0.0615 e. The van der Waals surface area contributed by atoms with Crippen LogP contribution in [0.4, 0.5) is 0 Å². The number of benzene rings is 1. The van der Waals surface area contributed by atoms with Crippen LogP contribution in [0, 0.1) is 6.92 Å². The Balaban J connectivity index is 2.51. The summed E-state index contributed by atoms with van der Waals surface area (Å²) < 4.78 is 5.20. The largest absolute Gasteiger partial charge is 0.383 e. The number of methoxy groups -OCH3 is 1. The van der Waals surface area contributed by atoms with Crippen molar-refractivity contribution in [3.63, 3.8) is 0 Å². The van der Waals surface area contributed by atoms with Gasteiger partial charge in [0.05, 0.1) is 6.61 Å². The molecule has 1 aromatic rings. The molecule has 108 valence electrons. The molecule has 1 aromatic carbocycles. The highest BCUT2D eigenvalue weighted by molar-refractivity contribution is 5.24. The number of likely N-dealkylation sites (N-methyl/N-ethyl adjacent to an activating group) is 1. The molecular formula is C16H28N2O. The molecule has 1 N–H and O–H groups in total. The van der Waals surface area contributed by atoms with Gasteiger partial charge in [0.1, 0.15) is 0 Å². The van der Waals surface area contributed by atoms with E-state index in [4.69, 9.17) is 4.74 Å². The Bertz CT molecular complexity index is 350. The van der Waals surface area contributed by atoms with Crippen molar-refractivity contribution in [1.29, 1.82) is 0 Å². The fourth-order valence-corrected chi connectivity index (χ4v) is 2.20. The van der Waals surface area contributed by atoms with Gasteiger partial charge in [-0.25, -0.2) is 0 Å². The normalized spacial score (nSPS) is 14.6. The summed E-state index contributed by atoms with van der Waals surface area (Å²) in [5.74, 6) is 0. The third kappa shape index (κ3) is 5.31. The number of aryl methyl sites for hydroxylation is 1. The highest BCUT2D eigenvalue weighted by Gasteiger charge is 2.13. The summed E-state index contributed by atoms with van der Waals surface area (Å²) in [4.78, 5) is 2.35. The highest BCUT2D eigenvalue weighted by atomic mass is 16.5. The van der Waals surface area contributed by atoms with Gasteiger partial charge in [-0.05, 0) is 39.9 Å². The van der Waals surface area contributed by atoms with E-state index in [-0.39, 0.29) is 0 Å². The lowest BCUT2D eigenvalue weighted by atomic mass is 10.0. The van der Waals surface area contributed by atoms with Gasteiger partial charge in [0.2, 0.25) is 0 Å². The van der Waals surface area contributed by atoms with Gasteiger partial charge in [0.25, 0.3) is 0 Å². The molecule has 0 spiro atoms. The van der Waals surface area contributed by atoms with E-state index in [0.717, 1.165) is 19.6 Å². The van der Waals surface area contributed by atoms with E-state index >= 15 is 0 Å². The van der Waals surface area contributed by atoms with Gasteiger partial charge in [-0.1, -0.05) is 29.8 Å². The zero-order valence-electron chi connectivity index (χ0n) is 12.9. The number of hydrogen-bond acceptors (Lipinski definition) is 3. The molecule has 0 saturated heterocycles. The van der Waals surface area contributed by atoms with E-state index < -0.39 is 0 Å². The molecule has 0 radical (unpaired) electrons. The number of nitrogens with one attached hydrogen (secondary N) is 1. The van der Waals surface area contributed by atoms with E-state index in [1.165, 1.54) is 11.1 Å². The lowest BCUT2D eigenvalue weighted by Crippen LogP contribution is -2.35. The van der Waals surface area contributed by atoms with Gasteiger partial charge in [0.15, 0.2) is 0 Å². The van der Waals surface area contributed by atoms with Crippen LogP contribution in [0.25, 0.3) is 0 Å². The molecule has 3 heteroatoms. The van der Waals surface area contributed by atoms with E-state index in [1.54, 1.807) is 7.11 Å². The van der Waals surface area contributed by atoms with Crippen LogP contribution < -0.4 is 5.32 Å². The molecule has 0 bridgehead atoms. The van der Waals surface area contributed by atoms with Crippen LogP contribution >= 0.6 is 0 Å². The highest BCUT2D eigenvalue weighted by Crippen LogP contribution is 2.17. The molecule has 1 rings (SSSR count). The first-order valence-corrected chi connectivity index (χ1v) is 7.01. The lowest BCUT2D eigenvalue weighted by Gasteiger charge is -2.26. The van der Waals surface area contributed by atoms with E-state index in [2.05, 4.69) is 55.4 Å². The zero-order chi connectivity index (χ0) is 14.3. The predicted octanol–water partition coefficient (Wildman–Crippen LogP) is 2.61. The summed E-state index contributed by atoms with van der Waals surface area (Å²) >= 11 is 0. The molecule has 0 aliphatic carbocycles. The quantitative estimate of drug-likeness (QED) is 0.781. The van der Waals surface area contributed by atoms with Crippen molar-refractivity contribution >= 4 is 0 Å². The maximum absolute atomic E-state index is 5.20. The predicted molar refractivity (Wildman–Crippen MR) is 81.6 cm³/mol. The van der Waals surface area contributed by atoms with Crippen molar-refractivity contribution in [1.82, 2.24) is 10.2 Å². The van der Waals surface area contributed by atoms with Crippen LogP contribution in [-0.2, 0) is 4.74 Å². The molecule has 2 unspecified atom stereocenters. The number of ether oxygens (including phenoxy) is 1. The molecule has 3 nitrogen and oxygen atoms in total. The van der Waals surface area contributed by atoms with Crippen LogP contribution in [-0.4, -0.2) is 45.3 Å². The molecule has 0 fully saturated rings. The average Bonchev–Trinajstić information content (AvgIpc) is 2.41. The Morgan fingerprint density at radius 2 is 1.89 bits per heavy atom. The van der Waals surface area contributed by atoms with Crippen molar-refractivity contribution in [3.05, 3.63) is 35.4 Å². The summed E-state index contributed by atoms with van der Waals surface area (Å²) in [5, 5.41) is 3.41. The summed E-state index contributed by atoms with van der Waals surface area (Å²) in [5.41, 5.74) is 2.67. The van der Waals surface area contributed by atoms with Crippen LogP contribution in [0.1, 0.15) is 30.5 Å². The van der Waals surface area contributed by atoms with Crippen LogP contribution in [0.3, 0.4) is 0 Å². The van der Waals surface area contributed by atoms with Crippen molar-refractivity contribution in [2.45, 2.75) is 32.4 Å². The summed E-state index contributed by atoms with van der Waals surface area (Å²) in [6.45, 7) is 6.16. The van der Waals surface area contributed by atoms with Crippen molar-refractivity contribution in [2.75, 3.05) is 34.4 Å². The SMILES string of the molecule is CNC(CCN(C)C(C)COC)c1ccc(C)cc1. The maximum Gasteiger partial charge on any atom is 0.0615 e. The molecular weight excluding hydrogens is 236 g/mol. The van der Waals surface area contributed by atoms with Gasteiger partial charge < -0.3 is 15.0 Å². The van der Waals surface area contributed by atoms with Gasteiger partial charge >= 0.3 is 0 Å². The fourth-order valence-electron chi connectivity index (χ4n) is 2.20. The zero-order valence-corrected chi connectivity index (χ0v) is 12.9. The van der Waals surface area contributed by atoms with E-state index in [0.29, 0.717) is 12.1 Å². The average molecular weight is 264 g/mol. The topological polar surface area (TPSA) is 24.5 Å². The molecule has 0 saturated carbocycles. The molecule has 0 aliphatic heterocycles. The monoisotopic (exact) mass is 264 g/mol. The number of hydrogen-bond donors (Lipinski definition) is 1. The Hall–Kier alpha value is -0.900. The minimum Gasteiger partial charge on any atom is -0.383 e. The van der Waals surface area contributed by atoms with Crippen LogP contribution in [0.2, 0.25) is 0 Å². The number of rotatable bonds is 8. The van der Waals surface area contributed by atoms with Gasteiger partial charge in [-0.3, -0.25) is 0 Å². The summed E-state index contributed by atoms with van der Waals surface area (Å²) in [7, 11) is 5.95. The van der Waals surface area contributed by atoms with E-state index in [1.807, 2.05) is 7.05 Å².